The normalized spacial score (nSPS) is 12.8. The number of para-hydroxylation sites is 2. The van der Waals surface area contributed by atoms with Crippen LogP contribution in [0.1, 0.15) is 0 Å². The lowest BCUT2D eigenvalue weighted by molar-refractivity contribution is 0.262. The van der Waals surface area contributed by atoms with Gasteiger partial charge in [0, 0.05) is 24.0 Å². The number of rotatable bonds is 3. The third-order valence-corrected chi connectivity index (χ3v) is 3.91. The molecule has 24 heavy (non-hydrogen) atoms. The van der Waals surface area contributed by atoms with Gasteiger partial charge in [0.2, 0.25) is 0 Å². The second-order valence-electron chi connectivity index (χ2n) is 5.54. The third kappa shape index (κ3) is 2.81. The van der Waals surface area contributed by atoms with Crippen molar-refractivity contribution in [3.8, 4) is 0 Å². The number of nitrogens with one attached hydrogen (secondary N) is 2. The number of anilines is 4. The Labute approximate surface area is 139 Å². The molecule has 2 heterocycles. The van der Waals surface area contributed by atoms with Crippen LogP contribution in [0.25, 0.3) is 0 Å². The molecule has 0 saturated carbocycles. The molecule has 1 aliphatic rings. The van der Waals surface area contributed by atoms with E-state index < -0.39 is 0 Å². The summed E-state index contributed by atoms with van der Waals surface area (Å²) < 4.78 is 1.91. The van der Waals surface area contributed by atoms with Gasteiger partial charge in [-0.05, 0) is 24.3 Å². The molecule has 6 nitrogen and oxygen atoms in total. The molecule has 0 unspecified atom stereocenters. The first kappa shape index (κ1) is 14.3. The molecule has 0 radical (unpaired) electrons. The van der Waals surface area contributed by atoms with Crippen LogP contribution in [0.2, 0.25) is 0 Å². The van der Waals surface area contributed by atoms with E-state index in [9.17, 15) is 4.79 Å². The Morgan fingerprint density at radius 3 is 2.38 bits per heavy atom. The van der Waals surface area contributed by atoms with Crippen molar-refractivity contribution in [3.05, 3.63) is 66.7 Å². The third-order valence-electron chi connectivity index (χ3n) is 3.91. The van der Waals surface area contributed by atoms with E-state index in [1.807, 2.05) is 59.3 Å². The average molecular weight is 319 g/mol. The minimum absolute atomic E-state index is 0.302. The van der Waals surface area contributed by atoms with Crippen molar-refractivity contribution in [2.45, 2.75) is 6.54 Å². The zero-order valence-electron chi connectivity index (χ0n) is 13.0. The lowest BCUT2D eigenvalue weighted by Gasteiger charge is -2.16. The van der Waals surface area contributed by atoms with Gasteiger partial charge in [0.1, 0.15) is 5.82 Å². The van der Waals surface area contributed by atoms with E-state index >= 15 is 0 Å². The number of amides is 2. The van der Waals surface area contributed by atoms with E-state index in [1.54, 1.807) is 0 Å². The first-order chi connectivity index (χ1) is 11.8. The van der Waals surface area contributed by atoms with Gasteiger partial charge >= 0.3 is 6.03 Å². The summed E-state index contributed by atoms with van der Waals surface area (Å²) in [4.78, 5) is 14.3. The number of nitrogens with zero attached hydrogens (tertiary/aromatic N) is 3. The van der Waals surface area contributed by atoms with E-state index in [1.165, 1.54) is 0 Å². The molecule has 120 valence electrons. The fraction of sp³-hybridized carbons (Fsp3) is 0.111. The van der Waals surface area contributed by atoms with Crippen molar-refractivity contribution in [3.63, 3.8) is 0 Å². The summed E-state index contributed by atoms with van der Waals surface area (Å²) in [5, 5.41) is 10.0. The van der Waals surface area contributed by atoms with Crippen molar-refractivity contribution in [1.82, 2.24) is 9.78 Å². The number of carbonyl (C=O) groups excluding carboxylic acids is 1. The fourth-order valence-electron chi connectivity index (χ4n) is 2.83. The number of aromatic nitrogens is 2. The number of hydrogen-bond donors (Lipinski definition) is 2. The minimum Gasteiger partial charge on any atom is -0.325 e. The quantitative estimate of drug-likeness (QED) is 0.774. The SMILES string of the molecule is O=C(Nc1ccccc1)Nc1cc2n(n1)CCN2c1ccccc1. The summed E-state index contributed by atoms with van der Waals surface area (Å²) >= 11 is 0. The van der Waals surface area contributed by atoms with E-state index in [0.29, 0.717) is 5.82 Å². The Morgan fingerprint density at radius 2 is 1.62 bits per heavy atom. The monoisotopic (exact) mass is 319 g/mol. The van der Waals surface area contributed by atoms with Crippen molar-refractivity contribution in [2.24, 2.45) is 0 Å². The van der Waals surface area contributed by atoms with Gasteiger partial charge in [-0.3, -0.25) is 5.32 Å². The highest BCUT2D eigenvalue weighted by atomic mass is 16.2. The Bertz CT molecular complexity index is 844. The molecular weight excluding hydrogens is 302 g/mol. The van der Waals surface area contributed by atoms with E-state index in [0.717, 1.165) is 30.3 Å². The van der Waals surface area contributed by atoms with Gasteiger partial charge in [0.25, 0.3) is 0 Å². The first-order valence-electron chi connectivity index (χ1n) is 7.83. The largest absolute Gasteiger partial charge is 0.325 e. The zero-order valence-corrected chi connectivity index (χ0v) is 13.0. The molecule has 1 aliphatic heterocycles. The second kappa shape index (κ2) is 6.08. The molecule has 0 spiro atoms. The van der Waals surface area contributed by atoms with Crippen LogP contribution in [0.15, 0.2) is 66.7 Å². The molecule has 0 aliphatic carbocycles. The lowest BCUT2D eigenvalue weighted by atomic mass is 10.3. The van der Waals surface area contributed by atoms with Crippen LogP contribution in [0.3, 0.4) is 0 Å². The molecular formula is C18H17N5O. The number of benzene rings is 2. The summed E-state index contributed by atoms with van der Waals surface area (Å²) in [5.74, 6) is 1.52. The van der Waals surface area contributed by atoms with Crippen LogP contribution in [0, 0.1) is 0 Å². The van der Waals surface area contributed by atoms with Gasteiger partial charge in [-0.2, -0.15) is 5.10 Å². The zero-order chi connectivity index (χ0) is 16.4. The second-order valence-corrected chi connectivity index (χ2v) is 5.54. The maximum atomic E-state index is 12.1. The molecule has 4 rings (SSSR count). The minimum atomic E-state index is -0.302. The van der Waals surface area contributed by atoms with E-state index in [2.05, 4.69) is 32.8 Å². The molecule has 0 atom stereocenters. The number of carbonyl (C=O) groups is 1. The summed E-state index contributed by atoms with van der Waals surface area (Å²) in [6.07, 6.45) is 0. The molecule has 1 aromatic heterocycles. The highest BCUT2D eigenvalue weighted by Gasteiger charge is 2.23. The predicted octanol–water partition coefficient (Wildman–Crippen LogP) is 3.68. The summed E-state index contributed by atoms with van der Waals surface area (Å²) in [6, 6.07) is 21.1. The van der Waals surface area contributed by atoms with Gasteiger partial charge in [0.05, 0.1) is 6.54 Å². The van der Waals surface area contributed by atoms with Gasteiger partial charge in [-0.25, -0.2) is 9.48 Å². The van der Waals surface area contributed by atoms with Crippen molar-refractivity contribution < 1.29 is 4.79 Å². The van der Waals surface area contributed by atoms with Crippen LogP contribution < -0.4 is 15.5 Å². The molecule has 0 saturated heterocycles. The molecule has 3 aromatic rings. The van der Waals surface area contributed by atoms with Crippen molar-refractivity contribution in [2.75, 3.05) is 22.1 Å². The lowest BCUT2D eigenvalue weighted by Crippen LogP contribution is -2.20. The predicted molar refractivity (Wildman–Crippen MR) is 94.8 cm³/mol. The summed E-state index contributed by atoms with van der Waals surface area (Å²) in [5.41, 5.74) is 1.86. The van der Waals surface area contributed by atoms with E-state index in [-0.39, 0.29) is 6.03 Å². The molecule has 0 fully saturated rings. The maximum absolute atomic E-state index is 12.1. The standard InChI is InChI=1S/C18H17N5O/c24-18(19-14-7-3-1-4-8-14)20-16-13-17-22(11-12-23(17)21-16)15-9-5-2-6-10-15/h1-10,13H,11-12H2,(H2,19,20,21,24). The van der Waals surface area contributed by atoms with Crippen LogP contribution in [0.5, 0.6) is 0 Å². The van der Waals surface area contributed by atoms with Crippen LogP contribution in [-0.4, -0.2) is 22.4 Å². The topological polar surface area (TPSA) is 62.2 Å². The highest BCUT2D eigenvalue weighted by molar-refractivity contribution is 5.99. The summed E-state index contributed by atoms with van der Waals surface area (Å²) in [6.45, 7) is 1.68. The molecule has 0 bridgehead atoms. The Morgan fingerprint density at radius 1 is 0.917 bits per heavy atom. The smallest absolute Gasteiger partial charge is 0.324 e. The van der Waals surface area contributed by atoms with Gasteiger partial charge in [0.15, 0.2) is 5.82 Å². The maximum Gasteiger partial charge on any atom is 0.324 e. The number of fused-ring (bicyclic) bond motifs is 1. The fourth-order valence-corrected chi connectivity index (χ4v) is 2.83. The number of hydrogen-bond acceptors (Lipinski definition) is 3. The van der Waals surface area contributed by atoms with Crippen LogP contribution in [-0.2, 0) is 6.54 Å². The van der Waals surface area contributed by atoms with Crippen molar-refractivity contribution in [1.29, 1.82) is 0 Å². The Balaban J connectivity index is 1.48. The van der Waals surface area contributed by atoms with Crippen LogP contribution >= 0.6 is 0 Å². The first-order valence-corrected chi connectivity index (χ1v) is 7.83. The number of urea groups is 1. The van der Waals surface area contributed by atoms with Gasteiger partial charge in [-0.15, -0.1) is 0 Å². The summed E-state index contributed by atoms with van der Waals surface area (Å²) in [7, 11) is 0. The molecule has 6 heteroatoms. The molecule has 2 amide bonds. The average Bonchev–Trinajstić information content (AvgIpc) is 3.16. The Hall–Kier alpha value is -3.28. The van der Waals surface area contributed by atoms with Gasteiger partial charge in [-0.1, -0.05) is 36.4 Å². The van der Waals surface area contributed by atoms with Crippen LogP contribution in [0.4, 0.5) is 27.8 Å². The van der Waals surface area contributed by atoms with Crippen molar-refractivity contribution >= 4 is 29.0 Å². The molecule has 2 aromatic carbocycles. The molecule has 2 N–H and O–H groups in total. The van der Waals surface area contributed by atoms with Gasteiger partial charge < -0.3 is 10.2 Å². The highest BCUT2D eigenvalue weighted by Crippen LogP contribution is 2.31. The Kier molecular flexibility index (Phi) is 3.63. The van der Waals surface area contributed by atoms with E-state index in [4.69, 9.17) is 0 Å².